The topological polar surface area (TPSA) is 102 Å². The van der Waals surface area contributed by atoms with Crippen LogP contribution in [-0.4, -0.2) is 43.5 Å². The van der Waals surface area contributed by atoms with Crippen molar-refractivity contribution in [1.29, 1.82) is 0 Å². The van der Waals surface area contributed by atoms with Gasteiger partial charge in [-0.3, -0.25) is 14.4 Å². The van der Waals surface area contributed by atoms with E-state index in [1.165, 1.54) is 17.0 Å². The summed E-state index contributed by atoms with van der Waals surface area (Å²) < 4.78 is 10.0. The Kier molecular flexibility index (Phi) is 7.71. The minimum absolute atomic E-state index is 0.0386. The molecular weight excluding hydrogens is 459 g/mol. The molecule has 8 nitrogen and oxygen atoms in total. The molecule has 1 fully saturated rings. The van der Waals surface area contributed by atoms with E-state index in [1.807, 2.05) is 0 Å². The number of rotatable bonds is 7. The van der Waals surface area contributed by atoms with Crippen LogP contribution in [0.15, 0.2) is 42.5 Å². The summed E-state index contributed by atoms with van der Waals surface area (Å²) in [6.45, 7) is 1.57. The van der Waals surface area contributed by atoms with Gasteiger partial charge in [-0.2, -0.15) is 0 Å². The van der Waals surface area contributed by atoms with Crippen LogP contribution in [0, 0.1) is 5.92 Å². The summed E-state index contributed by atoms with van der Waals surface area (Å²) in [5.74, 6) is -2.64. The number of amides is 2. The van der Waals surface area contributed by atoms with E-state index < -0.39 is 30.4 Å². The van der Waals surface area contributed by atoms with Gasteiger partial charge >= 0.3 is 11.9 Å². The normalized spacial score (nSPS) is 15.4. The summed E-state index contributed by atoms with van der Waals surface area (Å²) in [5.41, 5.74) is 1.25. The quantitative estimate of drug-likeness (QED) is 0.608. The van der Waals surface area contributed by atoms with Crippen LogP contribution in [-0.2, 0) is 23.9 Å². The lowest BCUT2D eigenvalue weighted by Crippen LogP contribution is -2.28. The Morgan fingerprint density at radius 3 is 2.47 bits per heavy atom. The van der Waals surface area contributed by atoms with Crippen LogP contribution >= 0.6 is 23.2 Å². The van der Waals surface area contributed by atoms with Crippen molar-refractivity contribution in [1.82, 2.24) is 0 Å². The first-order chi connectivity index (χ1) is 15.3. The van der Waals surface area contributed by atoms with Crippen molar-refractivity contribution in [3.63, 3.8) is 0 Å². The average Bonchev–Trinajstić information content (AvgIpc) is 3.16. The Morgan fingerprint density at radius 1 is 1.09 bits per heavy atom. The predicted molar refractivity (Wildman–Crippen MR) is 119 cm³/mol. The molecule has 1 atom stereocenters. The molecule has 3 rings (SSSR count). The molecule has 1 aliphatic rings. The molecule has 0 unspecified atom stereocenters. The molecule has 0 radical (unpaired) electrons. The molecule has 10 heteroatoms. The smallest absolute Gasteiger partial charge is 0.338 e. The molecule has 1 aliphatic heterocycles. The number of nitrogens with zero attached hydrogens (tertiary/aromatic N) is 1. The van der Waals surface area contributed by atoms with E-state index in [2.05, 4.69) is 5.32 Å². The number of hydrogen-bond acceptors (Lipinski definition) is 6. The minimum atomic E-state index is -0.709. The van der Waals surface area contributed by atoms with Crippen LogP contribution in [0.1, 0.15) is 23.7 Å². The van der Waals surface area contributed by atoms with Crippen molar-refractivity contribution in [2.45, 2.75) is 13.3 Å². The highest BCUT2D eigenvalue weighted by atomic mass is 35.5. The second kappa shape index (κ2) is 10.5. The number of halogens is 2. The number of benzene rings is 2. The molecular formula is C22H20Cl2N2O6. The van der Waals surface area contributed by atoms with Crippen LogP contribution in [0.4, 0.5) is 11.4 Å². The van der Waals surface area contributed by atoms with Gasteiger partial charge in [0.05, 0.1) is 28.8 Å². The molecule has 2 aromatic carbocycles. The standard InChI is InChI=1S/C22H20Cl2N2O6/c1-2-31-21(29)13-3-6-16(7-4-13)26-11-14(9-20(26)28)22(30)32-12-19(27)25-18-8-5-15(23)10-17(18)24/h3-8,10,14H,2,9,11-12H2,1H3,(H,25,27)/t14-/m1/s1. The fourth-order valence-corrected chi connectivity index (χ4v) is 3.59. The molecule has 0 spiro atoms. The lowest BCUT2D eigenvalue weighted by molar-refractivity contribution is -0.151. The van der Waals surface area contributed by atoms with E-state index in [9.17, 15) is 19.2 Å². The highest BCUT2D eigenvalue weighted by molar-refractivity contribution is 6.36. The van der Waals surface area contributed by atoms with Crippen LogP contribution in [0.5, 0.6) is 0 Å². The van der Waals surface area contributed by atoms with Crippen molar-refractivity contribution in [3.05, 3.63) is 58.1 Å². The van der Waals surface area contributed by atoms with Crippen molar-refractivity contribution in [3.8, 4) is 0 Å². The molecule has 1 saturated heterocycles. The van der Waals surface area contributed by atoms with Crippen molar-refractivity contribution < 1.29 is 28.7 Å². The van der Waals surface area contributed by atoms with Gasteiger partial charge in [-0.15, -0.1) is 0 Å². The fraction of sp³-hybridized carbons (Fsp3) is 0.273. The zero-order chi connectivity index (χ0) is 23.3. The Labute approximate surface area is 194 Å². The second-order valence-electron chi connectivity index (χ2n) is 6.95. The van der Waals surface area contributed by atoms with Gasteiger partial charge in [0.15, 0.2) is 6.61 Å². The van der Waals surface area contributed by atoms with E-state index in [0.717, 1.165) is 0 Å². The molecule has 32 heavy (non-hydrogen) atoms. The van der Waals surface area contributed by atoms with Crippen LogP contribution in [0.3, 0.4) is 0 Å². The minimum Gasteiger partial charge on any atom is -0.462 e. The van der Waals surface area contributed by atoms with Gasteiger partial charge in [0.25, 0.3) is 5.91 Å². The highest BCUT2D eigenvalue weighted by Crippen LogP contribution is 2.27. The maximum atomic E-state index is 12.4. The molecule has 0 saturated carbocycles. The van der Waals surface area contributed by atoms with E-state index in [4.69, 9.17) is 32.7 Å². The lowest BCUT2D eigenvalue weighted by atomic mass is 10.1. The maximum absolute atomic E-state index is 12.4. The molecule has 2 amide bonds. The number of hydrogen-bond donors (Lipinski definition) is 1. The SMILES string of the molecule is CCOC(=O)c1ccc(N2C[C@H](C(=O)OCC(=O)Nc3ccc(Cl)cc3Cl)CC2=O)cc1. The first-order valence-electron chi connectivity index (χ1n) is 9.77. The van der Waals surface area contributed by atoms with Gasteiger partial charge in [-0.05, 0) is 49.4 Å². The number of ether oxygens (including phenoxy) is 2. The maximum Gasteiger partial charge on any atom is 0.338 e. The third-order valence-corrected chi connectivity index (χ3v) is 5.25. The van der Waals surface area contributed by atoms with Crippen LogP contribution in [0.25, 0.3) is 0 Å². The second-order valence-corrected chi connectivity index (χ2v) is 7.80. The molecule has 0 aliphatic carbocycles. The van der Waals surface area contributed by atoms with E-state index >= 15 is 0 Å². The highest BCUT2D eigenvalue weighted by Gasteiger charge is 2.36. The third kappa shape index (κ3) is 5.77. The Morgan fingerprint density at radius 2 is 1.81 bits per heavy atom. The third-order valence-electron chi connectivity index (χ3n) is 4.70. The largest absolute Gasteiger partial charge is 0.462 e. The monoisotopic (exact) mass is 478 g/mol. The Hall–Kier alpha value is -3.10. The number of carbonyl (C=O) groups is 4. The first kappa shape index (κ1) is 23.6. The van der Waals surface area contributed by atoms with Gasteiger partial charge in [0, 0.05) is 23.7 Å². The molecule has 0 aromatic heterocycles. The van der Waals surface area contributed by atoms with Gasteiger partial charge in [0.2, 0.25) is 5.91 Å². The van der Waals surface area contributed by atoms with Crippen molar-refractivity contribution in [2.75, 3.05) is 30.0 Å². The van der Waals surface area contributed by atoms with Gasteiger partial charge in [-0.1, -0.05) is 23.2 Å². The number of nitrogens with one attached hydrogen (secondary N) is 1. The summed E-state index contributed by atoms with van der Waals surface area (Å²) in [5, 5.41) is 3.20. The summed E-state index contributed by atoms with van der Waals surface area (Å²) in [7, 11) is 0. The van der Waals surface area contributed by atoms with E-state index in [1.54, 1.807) is 37.3 Å². The molecule has 168 valence electrons. The zero-order valence-electron chi connectivity index (χ0n) is 17.1. The molecule has 1 heterocycles. The van der Waals surface area contributed by atoms with Gasteiger partial charge in [-0.25, -0.2) is 4.79 Å². The predicted octanol–water partition coefficient (Wildman–Crippen LogP) is 3.70. The van der Waals surface area contributed by atoms with E-state index in [-0.39, 0.29) is 30.5 Å². The Balaban J connectivity index is 1.53. The molecule has 1 N–H and O–H groups in total. The summed E-state index contributed by atoms with van der Waals surface area (Å²) in [4.78, 5) is 50.0. The summed E-state index contributed by atoms with van der Waals surface area (Å²) >= 11 is 11.8. The zero-order valence-corrected chi connectivity index (χ0v) is 18.6. The van der Waals surface area contributed by atoms with Crippen molar-refractivity contribution >= 4 is 58.3 Å². The van der Waals surface area contributed by atoms with E-state index in [0.29, 0.717) is 22.0 Å². The lowest BCUT2D eigenvalue weighted by Gasteiger charge is -2.17. The van der Waals surface area contributed by atoms with Gasteiger partial charge < -0.3 is 19.7 Å². The number of anilines is 2. The van der Waals surface area contributed by atoms with Crippen LogP contribution < -0.4 is 10.2 Å². The average molecular weight is 479 g/mol. The molecule has 2 aromatic rings. The number of esters is 2. The first-order valence-corrected chi connectivity index (χ1v) is 10.5. The molecule has 0 bridgehead atoms. The summed E-state index contributed by atoms with van der Waals surface area (Å²) in [6.07, 6.45) is -0.0386. The fourth-order valence-electron chi connectivity index (χ4n) is 3.14. The Bertz CT molecular complexity index is 1040. The summed E-state index contributed by atoms with van der Waals surface area (Å²) in [6, 6.07) is 10.9. The van der Waals surface area contributed by atoms with Crippen LogP contribution in [0.2, 0.25) is 10.0 Å². The number of carbonyl (C=O) groups excluding carboxylic acids is 4. The van der Waals surface area contributed by atoms with Crippen molar-refractivity contribution in [2.24, 2.45) is 5.92 Å². The van der Waals surface area contributed by atoms with Gasteiger partial charge in [0.1, 0.15) is 0 Å².